The molecule has 0 atom stereocenters. The summed E-state index contributed by atoms with van der Waals surface area (Å²) in [4.78, 5) is 29.9. The lowest BCUT2D eigenvalue weighted by Crippen LogP contribution is -2.47. The molecule has 0 aromatic heterocycles. The van der Waals surface area contributed by atoms with Crippen molar-refractivity contribution in [3.05, 3.63) is 59.7 Å². The van der Waals surface area contributed by atoms with E-state index in [9.17, 15) is 22.8 Å². The molecule has 0 spiro atoms. The van der Waals surface area contributed by atoms with Crippen LogP contribution in [0.15, 0.2) is 48.5 Å². The van der Waals surface area contributed by atoms with Crippen molar-refractivity contribution in [2.45, 2.75) is 12.6 Å². The zero-order chi connectivity index (χ0) is 24.1. The van der Waals surface area contributed by atoms with Crippen molar-refractivity contribution in [1.82, 2.24) is 10.2 Å². The fourth-order valence-electron chi connectivity index (χ4n) is 4.16. The Morgan fingerprint density at radius 3 is 2.41 bits per heavy atom. The molecule has 10 heteroatoms. The third-order valence-electron chi connectivity index (χ3n) is 6.03. The number of cyclic esters (lactones) is 1. The highest BCUT2D eigenvalue weighted by atomic mass is 19.4. The van der Waals surface area contributed by atoms with Crippen LogP contribution in [-0.2, 0) is 10.9 Å². The van der Waals surface area contributed by atoms with Crippen molar-refractivity contribution >= 4 is 23.4 Å². The molecule has 0 saturated carbocycles. The van der Waals surface area contributed by atoms with Crippen molar-refractivity contribution in [1.29, 1.82) is 0 Å². The number of ether oxygens (including phenoxy) is 1. The highest BCUT2D eigenvalue weighted by molar-refractivity contribution is 5.97. The van der Waals surface area contributed by atoms with Gasteiger partial charge in [-0.15, -0.1) is 0 Å². The van der Waals surface area contributed by atoms with Crippen LogP contribution in [0.1, 0.15) is 22.3 Å². The summed E-state index contributed by atoms with van der Waals surface area (Å²) < 4.78 is 43.8. The number of amides is 2. The average Bonchev–Trinajstić information content (AvgIpc) is 3.27. The van der Waals surface area contributed by atoms with Gasteiger partial charge < -0.3 is 15.0 Å². The first-order chi connectivity index (χ1) is 16.3. The van der Waals surface area contributed by atoms with Crippen LogP contribution >= 0.6 is 0 Å². The molecule has 0 bridgehead atoms. The van der Waals surface area contributed by atoms with Crippen LogP contribution in [0.2, 0.25) is 0 Å². The van der Waals surface area contributed by atoms with Gasteiger partial charge in [0, 0.05) is 49.7 Å². The van der Waals surface area contributed by atoms with E-state index < -0.39 is 17.8 Å². The summed E-state index contributed by atoms with van der Waals surface area (Å²) in [5.41, 5.74) is 1.07. The van der Waals surface area contributed by atoms with Crippen molar-refractivity contribution in [3.63, 3.8) is 0 Å². The monoisotopic (exact) mass is 476 g/mol. The molecule has 2 aliphatic rings. The molecule has 34 heavy (non-hydrogen) atoms. The molecule has 1 N–H and O–H groups in total. The van der Waals surface area contributed by atoms with E-state index in [2.05, 4.69) is 10.2 Å². The first kappa shape index (κ1) is 23.9. The number of rotatable bonds is 7. The van der Waals surface area contributed by atoms with Crippen LogP contribution in [0.5, 0.6) is 0 Å². The smallest absolute Gasteiger partial charge is 0.416 e. The Bertz CT molecular complexity index is 1020. The van der Waals surface area contributed by atoms with Crippen LogP contribution in [-0.4, -0.2) is 69.3 Å². The van der Waals surface area contributed by atoms with Crippen LogP contribution in [0.25, 0.3) is 0 Å². The van der Waals surface area contributed by atoms with Crippen LogP contribution < -0.4 is 15.1 Å². The molecule has 2 saturated heterocycles. The highest BCUT2D eigenvalue weighted by Gasteiger charge is 2.31. The predicted octanol–water partition coefficient (Wildman–Crippen LogP) is 3.60. The third-order valence-corrected chi connectivity index (χ3v) is 6.03. The van der Waals surface area contributed by atoms with E-state index in [-0.39, 0.29) is 5.91 Å². The van der Waals surface area contributed by atoms with E-state index in [4.69, 9.17) is 4.74 Å². The Morgan fingerprint density at radius 2 is 1.71 bits per heavy atom. The van der Waals surface area contributed by atoms with Gasteiger partial charge in [-0.25, -0.2) is 4.79 Å². The van der Waals surface area contributed by atoms with Gasteiger partial charge in [0.15, 0.2) is 0 Å². The number of hydrogen-bond acceptors (Lipinski definition) is 5. The molecular formula is C24H27F3N4O3. The van der Waals surface area contributed by atoms with Crippen molar-refractivity contribution in [2.24, 2.45) is 0 Å². The van der Waals surface area contributed by atoms with Crippen LogP contribution in [0.4, 0.5) is 29.3 Å². The number of carbonyl (C=O) groups is 2. The molecule has 7 nitrogen and oxygen atoms in total. The first-order valence-electron chi connectivity index (χ1n) is 11.3. The number of carbonyl (C=O) groups excluding carboxylic acids is 2. The lowest BCUT2D eigenvalue weighted by atomic mass is 10.1. The minimum atomic E-state index is -4.34. The Hall–Kier alpha value is -3.27. The number of alkyl halides is 3. The largest absolute Gasteiger partial charge is 0.447 e. The average molecular weight is 476 g/mol. The molecule has 2 aliphatic heterocycles. The van der Waals surface area contributed by atoms with Gasteiger partial charge in [-0.1, -0.05) is 12.1 Å². The van der Waals surface area contributed by atoms with Gasteiger partial charge >= 0.3 is 12.3 Å². The van der Waals surface area contributed by atoms with Crippen LogP contribution in [0.3, 0.4) is 0 Å². The molecule has 0 aliphatic carbocycles. The van der Waals surface area contributed by atoms with E-state index in [0.29, 0.717) is 49.7 Å². The number of halogens is 3. The zero-order valence-electron chi connectivity index (χ0n) is 18.7. The molecule has 0 unspecified atom stereocenters. The molecule has 4 rings (SSSR count). The Balaban J connectivity index is 1.19. The number of benzene rings is 2. The van der Waals surface area contributed by atoms with E-state index in [0.717, 1.165) is 32.1 Å². The fourth-order valence-corrected chi connectivity index (χ4v) is 4.16. The topological polar surface area (TPSA) is 65.1 Å². The minimum absolute atomic E-state index is 0.205. The fraction of sp³-hybridized carbons (Fsp3) is 0.417. The zero-order valence-corrected chi connectivity index (χ0v) is 18.7. The first-order valence-corrected chi connectivity index (χ1v) is 11.3. The van der Waals surface area contributed by atoms with Gasteiger partial charge in [0.05, 0.1) is 12.1 Å². The van der Waals surface area contributed by atoms with Crippen molar-refractivity contribution in [2.75, 3.05) is 62.2 Å². The predicted molar refractivity (Wildman–Crippen MR) is 122 cm³/mol. The summed E-state index contributed by atoms with van der Waals surface area (Å²) in [7, 11) is 0. The molecular weight excluding hydrogens is 449 g/mol. The second-order valence-electron chi connectivity index (χ2n) is 8.30. The molecule has 2 amide bonds. The summed E-state index contributed by atoms with van der Waals surface area (Å²) in [5, 5.41) is 2.91. The summed E-state index contributed by atoms with van der Waals surface area (Å²) in [6, 6.07) is 12.3. The molecule has 182 valence electrons. The maximum absolute atomic E-state index is 13.0. The third kappa shape index (κ3) is 5.80. The van der Waals surface area contributed by atoms with Crippen molar-refractivity contribution in [3.8, 4) is 0 Å². The van der Waals surface area contributed by atoms with Gasteiger partial charge in [-0.05, 0) is 49.4 Å². The number of hydrogen-bond donors (Lipinski definition) is 1. The molecule has 2 aromatic rings. The second kappa shape index (κ2) is 10.3. The van der Waals surface area contributed by atoms with Gasteiger partial charge in [-0.2, -0.15) is 13.2 Å². The molecule has 2 fully saturated rings. The van der Waals surface area contributed by atoms with Gasteiger partial charge in [0.1, 0.15) is 6.61 Å². The number of piperazine rings is 1. The summed E-state index contributed by atoms with van der Waals surface area (Å²) in [6.07, 6.45) is -4.00. The second-order valence-corrected chi connectivity index (χ2v) is 8.30. The molecule has 2 aromatic carbocycles. The lowest BCUT2D eigenvalue weighted by Gasteiger charge is -2.36. The number of nitrogens with zero attached hydrogens (tertiary/aromatic N) is 3. The maximum Gasteiger partial charge on any atom is 0.416 e. The van der Waals surface area contributed by atoms with Gasteiger partial charge in [0.25, 0.3) is 5.91 Å². The van der Waals surface area contributed by atoms with E-state index in [1.807, 2.05) is 4.90 Å². The quantitative estimate of drug-likeness (QED) is 0.619. The van der Waals surface area contributed by atoms with Gasteiger partial charge in [-0.3, -0.25) is 14.6 Å². The highest BCUT2D eigenvalue weighted by Crippen LogP contribution is 2.31. The summed E-state index contributed by atoms with van der Waals surface area (Å²) in [5.74, 6) is -0.205. The Morgan fingerprint density at radius 1 is 0.971 bits per heavy atom. The summed E-state index contributed by atoms with van der Waals surface area (Å²) >= 11 is 0. The molecule has 0 radical (unpaired) electrons. The number of nitrogens with one attached hydrogen (secondary N) is 1. The maximum atomic E-state index is 13.0. The normalized spacial score (nSPS) is 17.1. The van der Waals surface area contributed by atoms with Gasteiger partial charge in [0.2, 0.25) is 0 Å². The van der Waals surface area contributed by atoms with E-state index in [1.165, 1.54) is 17.0 Å². The van der Waals surface area contributed by atoms with E-state index in [1.54, 1.807) is 30.3 Å². The van der Waals surface area contributed by atoms with Crippen LogP contribution in [0, 0.1) is 0 Å². The summed E-state index contributed by atoms with van der Waals surface area (Å²) in [6.45, 7) is 4.89. The number of anilines is 2. The van der Waals surface area contributed by atoms with Crippen molar-refractivity contribution < 1.29 is 27.5 Å². The lowest BCUT2D eigenvalue weighted by molar-refractivity contribution is -0.137. The minimum Gasteiger partial charge on any atom is -0.447 e. The van der Waals surface area contributed by atoms with E-state index >= 15 is 0 Å². The Kier molecular flexibility index (Phi) is 7.26. The standard InChI is InChI=1S/C24H27F3N4O3/c25-24(26,27)19-5-2-6-20(17-19)30-12-10-29(11-13-30)9-3-8-28-22(32)18-4-1-7-21(16-18)31-14-15-34-23(31)33/h1-2,4-7,16-17H,3,8-15H2,(H,28,32). The molecule has 2 heterocycles. The SMILES string of the molecule is O=C(NCCCN1CCN(c2cccc(C(F)(F)F)c2)CC1)c1cccc(N2CCOC2=O)c1. The Labute approximate surface area is 196 Å².